The fourth-order valence-corrected chi connectivity index (χ4v) is 3.56. The summed E-state index contributed by atoms with van der Waals surface area (Å²) in [5.41, 5.74) is 5.59. The highest BCUT2D eigenvalue weighted by molar-refractivity contribution is 5.90. The summed E-state index contributed by atoms with van der Waals surface area (Å²) in [6.07, 6.45) is 4.25. The summed E-state index contributed by atoms with van der Waals surface area (Å²) in [4.78, 5) is 22.6. The van der Waals surface area contributed by atoms with Gasteiger partial charge in [0.15, 0.2) is 11.5 Å². The van der Waals surface area contributed by atoms with Crippen LogP contribution in [-0.4, -0.2) is 36.9 Å². The van der Waals surface area contributed by atoms with E-state index in [0.717, 1.165) is 25.9 Å². The topological polar surface area (TPSA) is 119 Å². The molecule has 0 atom stereocenters. The maximum absolute atomic E-state index is 11.7. The van der Waals surface area contributed by atoms with Gasteiger partial charge < -0.3 is 25.6 Å². The molecule has 1 spiro atoms. The Bertz CT molecular complexity index is 572. The lowest BCUT2D eigenvalue weighted by atomic mass is 9.58. The Morgan fingerprint density at radius 3 is 2.83 bits per heavy atom. The number of hydrogen-bond acceptors (Lipinski definition) is 6. The van der Waals surface area contributed by atoms with Gasteiger partial charge in [-0.2, -0.15) is 0 Å². The molecular formula is C15H22N4O4. The Morgan fingerprint density at radius 1 is 1.43 bits per heavy atom. The molecule has 0 radical (unpaired) electrons. The Hall–Kier alpha value is -2.09. The van der Waals surface area contributed by atoms with Gasteiger partial charge in [0.1, 0.15) is 0 Å². The Morgan fingerprint density at radius 2 is 2.17 bits per heavy atom. The van der Waals surface area contributed by atoms with Gasteiger partial charge in [-0.1, -0.05) is 5.16 Å². The van der Waals surface area contributed by atoms with Crippen molar-refractivity contribution in [1.82, 2.24) is 15.8 Å². The zero-order valence-corrected chi connectivity index (χ0v) is 13.0. The number of carbonyl (C=O) groups is 2. The van der Waals surface area contributed by atoms with E-state index in [1.54, 1.807) is 0 Å². The van der Waals surface area contributed by atoms with E-state index in [0.29, 0.717) is 23.7 Å². The summed E-state index contributed by atoms with van der Waals surface area (Å²) in [6, 6.07) is 1.40. The maximum Gasteiger partial charge on any atom is 0.407 e. The van der Waals surface area contributed by atoms with Crippen molar-refractivity contribution >= 4 is 12.0 Å². The molecular weight excluding hydrogens is 300 g/mol. The predicted octanol–water partition coefficient (Wildman–Crippen LogP) is 0.779. The largest absolute Gasteiger partial charge is 0.449 e. The van der Waals surface area contributed by atoms with E-state index in [2.05, 4.69) is 15.8 Å². The molecule has 2 aliphatic rings. The molecule has 0 bridgehead atoms. The van der Waals surface area contributed by atoms with Gasteiger partial charge in [0, 0.05) is 6.07 Å². The first-order chi connectivity index (χ1) is 11.1. The number of alkyl carbamates (subject to hydrolysis) is 1. The second kappa shape index (κ2) is 6.57. The molecule has 8 nitrogen and oxygen atoms in total. The van der Waals surface area contributed by atoms with Gasteiger partial charge in [0.2, 0.25) is 0 Å². The lowest BCUT2D eigenvalue weighted by Gasteiger charge is -2.50. The normalized spacial score (nSPS) is 20.0. The molecule has 8 heteroatoms. The van der Waals surface area contributed by atoms with Crippen LogP contribution in [0.2, 0.25) is 0 Å². The highest BCUT2D eigenvalue weighted by Gasteiger charge is 2.44. The molecule has 0 aromatic carbocycles. The number of primary amides is 1. The fraction of sp³-hybridized carbons (Fsp3) is 0.667. The van der Waals surface area contributed by atoms with E-state index >= 15 is 0 Å². The van der Waals surface area contributed by atoms with Crippen LogP contribution in [0.1, 0.15) is 41.9 Å². The van der Waals surface area contributed by atoms with Crippen LogP contribution in [0.3, 0.4) is 0 Å². The minimum absolute atomic E-state index is 0.0388. The van der Waals surface area contributed by atoms with E-state index in [1.165, 1.54) is 18.9 Å². The number of nitrogens with two attached hydrogens (primary N) is 1. The number of piperidine rings is 1. The molecule has 2 fully saturated rings. The third-order valence-electron chi connectivity index (χ3n) is 4.78. The van der Waals surface area contributed by atoms with Gasteiger partial charge in [-0.05, 0) is 50.1 Å². The number of carbonyl (C=O) groups excluding carboxylic acids is 2. The van der Waals surface area contributed by atoms with E-state index in [1.807, 2.05) is 0 Å². The number of rotatable bonds is 5. The predicted molar refractivity (Wildman–Crippen MR) is 80.5 cm³/mol. The van der Waals surface area contributed by atoms with Gasteiger partial charge in [0.05, 0.1) is 13.2 Å². The number of hydrogen-bond donors (Lipinski definition) is 3. The van der Waals surface area contributed by atoms with Gasteiger partial charge in [0.25, 0.3) is 5.91 Å². The molecule has 1 aliphatic carbocycles. The van der Waals surface area contributed by atoms with E-state index in [4.69, 9.17) is 15.0 Å². The van der Waals surface area contributed by atoms with Gasteiger partial charge in [-0.15, -0.1) is 0 Å². The lowest BCUT2D eigenvalue weighted by Crippen LogP contribution is -2.47. The number of nitrogens with one attached hydrogen (secondary N) is 2. The molecule has 2 amide bonds. The summed E-state index contributed by atoms with van der Waals surface area (Å²) in [5, 5.41) is 9.44. The number of amides is 2. The van der Waals surface area contributed by atoms with E-state index in [-0.39, 0.29) is 12.2 Å². The van der Waals surface area contributed by atoms with Gasteiger partial charge in [-0.3, -0.25) is 4.79 Å². The van der Waals surface area contributed by atoms with Crippen molar-refractivity contribution in [3.05, 3.63) is 17.5 Å². The van der Waals surface area contributed by atoms with Crippen molar-refractivity contribution < 1.29 is 18.8 Å². The molecule has 2 heterocycles. The second-order valence-corrected chi connectivity index (χ2v) is 6.52. The first kappa shape index (κ1) is 15.8. The SMILES string of the molecule is NC(=O)c1cc(CNC(=O)OCC2CC3(CCNCC3)C2)on1. The van der Waals surface area contributed by atoms with Crippen molar-refractivity contribution in [3.63, 3.8) is 0 Å². The van der Waals surface area contributed by atoms with Crippen LogP contribution < -0.4 is 16.4 Å². The highest BCUT2D eigenvalue weighted by Crippen LogP contribution is 2.51. The molecule has 1 aromatic heterocycles. The van der Waals surface area contributed by atoms with Crippen LogP contribution in [0.4, 0.5) is 4.79 Å². The van der Waals surface area contributed by atoms with Crippen LogP contribution in [-0.2, 0) is 11.3 Å². The number of ether oxygens (including phenoxy) is 1. The molecule has 3 rings (SSSR count). The fourth-order valence-electron chi connectivity index (χ4n) is 3.56. The van der Waals surface area contributed by atoms with Crippen molar-refractivity contribution in [1.29, 1.82) is 0 Å². The monoisotopic (exact) mass is 322 g/mol. The molecule has 23 heavy (non-hydrogen) atoms. The van der Waals surface area contributed by atoms with Crippen LogP contribution in [0.15, 0.2) is 10.6 Å². The van der Waals surface area contributed by atoms with Gasteiger partial charge in [-0.25, -0.2) is 4.79 Å². The first-order valence-corrected chi connectivity index (χ1v) is 7.93. The molecule has 1 aliphatic heterocycles. The van der Waals surface area contributed by atoms with Crippen LogP contribution in [0.25, 0.3) is 0 Å². The van der Waals surface area contributed by atoms with Crippen LogP contribution in [0, 0.1) is 11.3 Å². The average Bonchev–Trinajstić information content (AvgIpc) is 2.99. The molecule has 1 saturated heterocycles. The Balaban J connectivity index is 1.33. The minimum Gasteiger partial charge on any atom is -0.449 e. The minimum atomic E-state index is -0.667. The zero-order chi connectivity index (χ0) is 16.3. The standard InChI is InChI=1S/C15H22N4O4/c16-13(20)12-5-11(23-19-12)8-18-14(21)22-9-10-6-15(7-10)1-3-17-4-2-15/h5,10,17H,1-4,6-9H2,(H2,16,20)(H,18,21). The summed E-state index contributed by atoms with van der Waals surface area (Å²) < 4.78 is 10.1. The second-order valence-electron chi connectivity index (χ2n) is 6.52. The van der Waals surface area contributed by atoms with Crippen molar-refractivity contribution in [3.8, 4) is 0 Å². The van der Waals surface area contributed by atoms with E-state index in [9.17, 15) is 9.59 Å². The van der Waals surface area contributed by atoms with Crippen molar-refractivity contribution in [2.75, 3.05) is 19.7 Å². The van der Waals surface area contributed by atoms with Crippen molar-refractivity contribution in [2.45, 2.75) is 32.2 Å². The summed E-state index contributed by atoms with van der Waals surface area (Å²) in [6.45, 7) is 2.75. The van der Waals surface area contributed by atoms with Crippen LogP contribution >= 0.6 is 0 Å². The summed E-state index contributed by atoms with van der Waals surface area (Å²) in [7, 11) is 0. The van der Waals surface area contributed by atoms with E-state index < -0.39 is 12.0 Å². The molecule has 1 aromatic rings. The third kappa shape index (κ3) is 3.82. The van der Waals surface area contributed by atoms with Gasteiger partial charge >= 0.3 is 6.09 Å². The molecule has 126 valence electrons. The zero-order valence-electron chi connectivity index (χ0n) is 13.0. The maximum atomic E-state index is 11.7. The van der Waals surface area contributed by atoms with Crippen LogP contribution in [0.5, 0.6) is 0 Å². The highest BCUT2D eigenvalue weighted by atomic mass is 16.5. The number of aromatic nitrogens is 1. The smallest absolute Gasteiger partial charge is 0.407 e. The Labute approximate surface area is 134 Å². The Kier molecular flexibility index (Phi) is 4.51. The first-order valence-electron chi connectivity index (χ1n) is 7.93. The lowest BCUT2D eigenvalue weighted by molar-refractivity contribution is -0.0129. The molecule has 0 unspecified atom stereocenters. The molecule has 1 saturated carbocycles. The van der Waals surface area contributed by atoms with Crippen molar-refractivity contribution in [2.24, 2.45) is 17.1 Å². The molecule has 4 N–H and O–H groups in total. The average molecular weight is 322 g/mol. The third-order valence-corrected chi connectivity index (χ3v) is 4.78. The quantitative estimate of drug-likeness (QED) is 0.737. The number of nitrogens with zero attached hydrogens (tertiary/aromatic N) is 1. The summed E-state index contributed by atoms with van der Waals surface area (Å²) in [5.74, 6) is 0.151. The summed E-state index contributed by atoms with van der Waals surface area (Å²) >= 11 is 0.